The van der Waals surface area contributed by atoms with Crippen LogP contribution in [0.2, 0.25) is 0 Å². The van der Waals surface area contributed by atoms with Crippen molar-refractivity contribution in [1.82, 2.24) is 5.32 Å². The molecule has 1 rings (SSSR count). The summed E-state index contributed by atoms with van der Waals surface area (Å²) in [4.78, 5) is 11.6. The zero-order chi connectivity index (χ0) is 12.0. The van der Waals surface area contributed by atoms with E-state index >= 15 is 0 Å². The van der Waals surface area contributed by atoms with Gasteiger partial charge in [0.25, 0.3) is 0 Å². The van der Waals surface area contributed by atoms with E-state index in [1.807, 2.05) is 6.92 Å². The highest BCUT2D eigenvalue weighted by atomic mass is 16.3. The number of carbonyl (C=O) groups is 1. The number of aliphatic hydroxyl groups excluding tert-OH is 1. The summed E-state index contributed by atoms with van der Waals surface area (Å²) >= 11 is 0. The molecule has 0 aromatic rings. The van der Waals surface area contributed by atoms with E-state index in [1.54, 1.807) is 0 Å². The second kappa shape index (κ2) is 6.86. The molecule has 0 aliphatic heterocycles. The molecule has 1 saturated carbocycles. The first-order valence-corrected chi connectivity index (χ1v) is 6.31. The van der Waals surface area contributed by atoms with Crippen LogP contribution in [-0.2, 0) is 4.79 Å². The summed E-state index contributed by atoms with van der Waals surface area (Å²) in [5, 5.41) is 12.6. The third-order valence-corrected chi connectivity index (χ3v) is 3.34. The number of hydrogen-bond acceptors (Lipinski definition) is 3. The molecule has 0 spiro atoms. The van der Waals surface area contributed by atoms with Crippen molar-refractivity contribution in [2.75, 3.05) is 6.54 Å². The van der Waals surface area contributed by atoms with Gasteiger partial charge in [0.2, 0.25) is 5.91 Å². The summed E-state index contributed by atoms with van der Waals surface area (Å²) in [7, 11) is 0. The molecule has 4 heteroatoms. The van der Waals surface area contributed by atoms with Gasteiger partial charge in [-0.1, -0.05) is 19.8 Å². The first-order chi connectivity index (χ1) is 7.63. The van der Waals surface area contributed by atoms with E-state index in [0.29, 0.717) is 18.9 Å². The molecule has 1 aliphatic carbocycles. The molecular formula is C12H24N2O2. The van der Waals surface area contributed by atoms with E-state index < -0.39 is 0 Å². The van der Waals surface area contributed by atoms with Crippen molar-refractivity contribution in [3.63, 3.8) is 0 Å². The average molecular weight is 228 g/mol. The summed E-state index contributed by atoms with van der Waals surface area (Å²) in [6.45, 7) is 2.67. The number of rotatable bonds is 5. The maximum Gasteiger partial charge on any atom is 0.220 e. The molecule has 4 nitrogen and oxygen atoms in total. The third-order valence-electron chi connectivity index (χ3n) is 3.34. The Hall–Kier alpha value is -0.610. The highest BCUT2D eigenvalue weighted by Crippen LogP contribution is 2.18. The van der Waals surface area contributed by atoms with Gasteiger partial charge in [-0.05, 0) is 31.7 Å². The van der Waals surface area contributed by atoms with Crippen molar-refractivity contribution in [3.05, 3.63) is 0 Å². The van der Waals surface area contributed by atoms with Crippen LogP contribution in [0.5, 0.6) is 0 Å². The molecule has 0 bridgehead atoms. The van der Waals surface area contributed by atoms with Crippen molar-refractivity contribution in [2.45, 2.75) is 57.6 Å². The molecule has 94 valence electrons. The molecule has 0 saturated heterocycles. The molecule has 0 radical (unpaired) electrons. The van der Waals surface area contributed by atoms with Crippen LogP contribution >= 0.6 is 0 Å². The highest BCUT2D eigenvalue weighted by molar-refractivity contribution is 5.76. The molecule has 0 heterocycles. The molecular weight excluding hydrogens is 204 g/mol. The molecule has 16 heavy (non-hydrogen) atoms. The minimum absolute atomic E-state index is 0.0329. The predicted octanol–water partition coefficient (Wildman–Crippen LogP) is 0.781. The molecule has 0 aromatic heterocycles. The first-order valence-electron chi connectivity index (χ1n) is 6.31. The van der Waals surface area contributed by atoms with E-state index in [9.17, 15) is 9.90 Å². The van der Waals surface area contributed by atoms with Crippen LogP contribution in [0.4, 0.5) is 0 Å². The predicted molar refractivity (Wildman–Crippen MR) is 63.9 cm³/mol. The highest BCUT2D eigenvalue weighted by Gasteiger charge is 2.24. The number of hydrogen-bond donors (Lipinski definition) is 3. The van der Waals surface area contributed by atoms with Crippen molar-refractivity contribution in [1.29, 1.82) is 0 Å². The summed E-state index contributed by atoms with van der Waals surface area (Å²) < 4.78 is 0. The number of nitrogens with two attached hydrogens (primary N) is 1. The van der Waals surface area contributed by atoms with Crippen LogP contribution in [-0.4, -0.2) is 29.7 Å². The molecule has 3 unspecified atom stereocenters. The minimum Gasteiger partial charge on any atom is -0.391 e. The lowest BCUT2D eigenvalue weighted by molar-refractivity contribution is -0.123. The third kappa shape index (κ3) is 4.49. The van der Waals surface area contributed by atoms with Gasteiger partial charge in [-0.2, -0.15) is 0 Å². The fourth-order valence-electron chi connectivity index (χ4n) is 2.05. The fourth-order valence-corrected chi connectivity index (χ4v) is 2.05. The zero-order valence-corrected chi connectivity index (χ0v) is 10.1. The van der Waals surface area contributed by atoms with Gasteiger partial charge in [0.1, 0.15) is 0 Å². The number of aliphatic hydroxyl groups is 1. The number of carbonyl (C=O) groups excluding carboxylic acids is 1. The largest absolute Gasteiger partial charge is 0.391 e. The Balaban J connectivity index is 2.22. The lowest BCUT2D eigenvalue weighted by Gasteiger charge is -2.28. The lowest BCUT2D eigenvalue weighted by atomic mass is 9.92. The normalized spacial score (nSPS) is 27.4. The van der Waals surface area contributed by atoms with Crippen LogP contribution < -0.4 is 11.1 Å². The number of amides is 1. The quantitative estimate of drug-likeness (QED) is 0.651. The first kappa shape index (κ1) is 13.5. The van der Waals surface area contributed by atoms with Crippen LogP contribution in [0.3, 0.4) is 0 Å². The van der Waals surface area contributed by atoms with Crippen molar-refractivity contribution < 1.29 is 9.90 Å². The Kier molecular flexibility index (Phi) is 5.77. The Labute approximate surface area is 97.6 Å². The summed E-state index contributed by atoms with van der Waals surface area (Å²) in [5.41, 5.74) is 5.49. The van der Waals surface area contributed by atoms with E-state index in [0.717, 1.165) is 32.1 Å². The van der Waals surface area contributed by atoms with Gasteiger partial charge in [-0.25, -0.2) is 0 Å². The van der Waals surface area contributed by atoms with Gasteiger partial charge in [0.15, 0.2) is 0 Å². The molecule has 0 aromatic carbocycles. The monoisotopic (exact) mass is 228 g/mol. The van der Waals surface area contributed by atoms with E-state index in [4.69, 9.17) is 5.73 Å². The standard InChI is InChI=1S/C12H24N2O2/c1-9(8-13)6-7-12(16)14-10-4-2-3-5-11(10)15/h9-11,15H,2-8,13H2,1H3,(H,14,16). The van der Waals surface area contributed by atoms with Crippen LogP contribution in [0.25, 0.3) is 0 Å². The average Bonchev–Trinajstić information content (AvgIpc) is 2.29. The van der Waals surface area contributed by atoms with E-state index in [2.05, 4.69) is 5.32 Å². The summed E-state index contributed by atoms with van der Waals surface area (Å²) in [6, 6.07) is -0.0329. The summed E-state index contributed by atoms with van der Waals surface area (Å²) in [5.74, 6) is 0.438. The van der Waals surface area contributed by atoms with Crippen molar-refractivity contribution >= 4 is 5.91 Å². The van der Waals surface area contributed by atoms with Crippen molar-refractivity contribution in [3.8, 4) is 0 Å². The lowest BCUT2D eigenvalue weighted by Crippen LogP contribution is -2.45. The topological polar surface area (TPSA) is 75.4 Å². The maximum atomic E-state index is 11.6. The summed E-state index contributed by atoms with van der Waals surface area (Å²) in [6.07, 6.45) is 4.86. The van der Waals surface area contributed by atoms with E-state index in [-0.39, 0.29) is 18.1 Å². The van der Waals surface area contributed by atoms with Gasteiger partial charge in [-0.15, -0.1) is 0 Å². The molecule has 1 aliphatic rings. The second-order valence-electron chi connectivity index (χ2n) is 4.91. The van der Waals surface area contributed by atoms with Crippen molar-refractivity contribution in [2.24, 2.45) is 11.7 Å². The van der Waals surface area contributed by atoms with Gasteiger partial charge in [-0.3, -0.25) is 4.79 Å². The van der Waals surface area contributed by atoms with Gasteiger partial charge in [0.05, 0.1) is 12.1 Å². The van der Waals surface area contributed by atoms with Crippen LogP contribution in [0, 0.1) is 5.92 Å². The molecule has 4 N–H and O–H groups in total. The molecule has 1 amide bonds. The second-order valence-corrected chi connectivity index (χ2v) is 4.91. The van der Waals surface area contributed by atoms with Gasteiger partial charge in [0, 0.05) is 6.42 Å². The Morgan fingerprint density at radius 3 is 2.81 bits per heavy atom. The smallest absolute Gasteiger partial charge is 0.220 e. The molecule has 1 fully saturated rings. The SMILES string of the molecule is CC(CN)CCC(=O)NC1CCCCC1O. The maximum absolute atomic E-state index is 11.6. The number of nitrogens with one attached hydrogen (secondary N) is 1. The zero-order valence-electron chi connectivity index (χ0n) is 10.1. The Morgan fingerprint density at radius 1 is 1.50 bits per heavy atom. The fraction of sp³-hybridized carbons (Fsp3) is 0.917. The van der Waals surface area contributed by atoms with Crippen LogP contribution in [0.15, 0.2) is 0 Å². The Morgan fingerprint density at radius 2 is 2.19 bits per heavy atom. The molecule has 3 atom stereocenters. The van der Waals surface area contributed by atoms with E-state index in [1.165, 1.54) is 0 Å². The van der Waals surface area contributed by atoms with Gasteiger partial charge >= 0.3 is 0 Å². The Bertz CT molecular complexity index is 221. The minimum atomic E-state index is -0.357. The van der Waals surface area contributed by atoms with Crippen LogP contribution in [0.1, 0.15) is 45.4 Å². The van der Waals surface area contributed by atoms with Gasteiger partial charge < -0.3 is 16.2 Å².